The summed E-state index contributed by atoms with van der Waals surface area (Å²) in [5.74, 6) is 0.853. The van der Waals surface area contributed by atoms with Gasteiger partial charge in [0.15, 0.2) is 0 Å². The topological polar surface area (TPSA) is 34.1 Å². The summed E-state index contributed by atoms with van der Waals surface area (Å²) in [5.41, 5.74) is 6.26. The zero-order valence-electron chi connectivity index (χ0n) is 14.6. The van der Waals surface area contributed by atoms with E-state index in [1.54, 1.807) is 0 Å². The Morgan fingerprint density at radius 2 is 1.84 bits per heavy atom. The standard InChI is InChI=1S/C21H21ClN2O/c1-14-11-16(17-8-7-15(2)24-12-17)9-10-21(14)25-13-18-19(22)5-4-6-20(18)23-3/h4-12,23H,13H2,1-3H3. The number of rotatable bonds is 5. The third kappa shape index (κ3) is 3.94. The molecule has 0 saturated carbocycles. The second kappa shape index (κ2) is 7.58. The molecule has 0 amide bonds. The van der Waals surface area contributed by atoms with Gasteiger partial charge >= 0.3 is 0 Å². The average Bonchev–Trinajstić information content (AvgIpc) is 2.62. The van der Waals surface area contributed by atoms with Crippen molar-refractivity contribution in [1.82, 2.24) is 4.98 Å². The second-order valence-corrected chi connectivity index (χ2v) is 6.38. The van der Waals surface area contributed by atoms with Crippen LogP contribution in [0.1, 0.15) is 16.8 Å². The molecule has 0 aliphatic heterocycles. The molecule has 0 unspecified atom stereocenters. The van der Waals surface area contributed by atoms with Gasteiger partial charge in [-0.15, -0.1) is 0 Å². The van der Waals surface area contributed by atoms with Crippen LogP contribution in [0.2, 0.25) is 5.02 Å². The highest BCUT2D eigenvalue weighted by Crippen LogP contribution is 2.29. The van der Waals surface area contributed by atoms with Crippen LogP contribution in [-0.2, 0) is 6.61 Å². The number of halogens is 1. The molecule has 1 N–H and O–H groups in total. The number of nitrogens with zero attached hydrogens (tertiary/aromatic N) is 1. The van der Waals surface area contributed by atoms with E-state index >= 15 is 0 Å². The van der Waals surface area contributed by atoms with E-state index < -0.39 is 0 Å². The number of aromatic nitrogens is 1. The lowest BCUT2D eigenvalue weighted by Gasteiger charge is -2.14. The van der Waals surface area contributed by atoms with Crippen molar-refractivity contribution in [2.24, 2.45) is 0 Å². The van der Waals surface area contributed by atoms with Gasteiger partial charge in [-0.2, -0.15) is 0 Å². The van der Waals surface area contributed by atoms with E-state index in [4.69, 9.17) is 16.3 Å². The molecule has 0 aliphatic rings. The summed E-state index contributed by atoms with van der Waals surface area (Å²) in [5, 5.41) is 3.85. The highest BCUT2D eigenvalue weighted by atomic mass is 35.5. The Bertz CT molecular complexity index is 876. The first-order chi connectivity index (χ1) is 12.1. The van der Waals surface area contributed by atoms with Gasteiger partial charge in [-0.1, -0.05) is 29.8 Å². The first-order valence-electron chi connectivity index (χ1n) is 8.20. The lowest BCUT2D eigenvalue weighted by Crippen LogP contribution is -2.02. The van der Waals surface area contributed by atoms with Gasteiger partial charge in [-0.05, 0) is 55.3 Å². The number of hydrogen-bond donors (Lipinski definition) is 1. The summed E-state index contributed by atoms with van der Waals surface area (Å²) in [6.45, 7) is 4.45. The van der Waals surface area contributed by atoms with Gasteiger partial charge in [0.1, 0.15) is 12.4 Å². The van der Waals surface area contributed by atoms with E-state index in [9.17, 15) is 0 Å². The van der Waals surface area contributed by atoms with Crippen LogP contribution in [0.5, 0.6) is 5.75 Å². The fourth-order valence-corrected chi connectivity index (χ4v) is 2.95. The van der Waals surface area contributed by atoms with Crippen LogP contribution in [-0.4, -0.2) is 12.0 Å². The lowest BCUT2D eigenvalue weighted by atomic mass is 10.0. The minimum Gasteiger partial charge on any atom is -0.488 e. The second-order valence-electron chi connectivity index (χ2n) is 5.97. The number of anilines is 1. The van der Waals surface area contributed by atoms with Gasteiger partial charge in [-0.3, -0.25) is 4.98 Å². The normalized spacial score (nSPS) is 10.6. The molecule has 1 aromatic heterocycles. The van der Waals surface area contributed by atoms with Gasteiger partial charge in [0.25, 0.3) is 0 Å². The van der Waals surface area contributed by atoms with Crippen molar-refractivity contribution in [3.63, 3.8) is 0 Å². The van der Waals surface area contributed by atoms with Crippen molar-refractivity contribution in [1.29, 1.82) is 0 Å². The molecule has 1 heterocycles. The molecule has 3 nitrogen and oxygen atoms in total. The van der Waals surface area contributed by atoms with Crippen molar-refractivity contribution < 1.29 is 4.74 Å². The zero-order valence-corrected chi connectivity index (χ0v) is 15.4. The minimum absolute atomic E-state index is 0.419. The first kappa shape index (κ1) is 17.3. The lowest BCUT2D eigenvalue weighted by molar-refractivity contribution is 0.305. The molecule has 0 atom stereocenters. The minimum atomic E-state index is 0.419. The number of nitrogens with one attached hydrogen (secondary N) is 1. The predicted octanol–water partition coefficient (Wildman–Crippen LogP) is 5.64. The maximum Gasteiger partial charge on any atom is 0.122 e. The molecule has 0 fully saturated rings. The molecule has 0 spiro atoms. The molecule has 4 heteroatoms. The number of benzene rings is 2. The molecule has 0 aliphatic carbocycles. The molecule has 0 radical (unpaired) electrons. The van der Waals surface area contributed by atoms with E-state index in [0.29, 0.717) is 11.6 Å². The van der Waals surface area contributed by atoms with Crippen LogP contribution < -0.4 is 10.1 Å². The fraction of sp³-hybridized carbons (Fsp3) is 0.190. The van der Waals surface area contributed by atoms with Crippen molar-refractivity contribution in [2.75, 3.05) is 12.4 Å². The summed E-state index contributed by atoms with van der Waals surface area (Å²) >= 11 is 6.31. The van der Waals surface area contributed by atoms with Crippen LogP contribution in [0, 0.1) is 13.8 Å². The third-order valence-electron chi connectivity index (χ3n) is 4.18. The summed E-state index contributed by atoms with van der Waals surface area (Å²) in [4.78, 5) is 4.36. The summed E-state index contributed by atoms with van der Waals surface area (Å²) in [7, 11) is 1.88. The van der Waals surface area contributed by atoms with Gasteiger partial charge < -0.3 is 10.1 Å². The monoisotopic (exact) mass is 352 g/mol. The molecular formula is C21H21ClN2O. The van der Waals surface area contributed by atoms with Crippen molar-refractivity contribution >= 4 is 17.3 Å². The SMILES string of the molecule is CNc1cccc(Cl)c1COc1ccc(-c2ccc(C)nc2)cc1C. The summed E-state index contributed by atoms with van der Waals surface area (Å²) < 4.78 is 6.02. The van der Waals surface area contributed by atoms with E-state index in [-0.39, 0.29) is 0 Å². The van der Waals surface area contributed by atoms with Gasteiger partial charge in [0.05, 0.1) is 0 Å². The smallest absolute Gasteiger partial charge is 0.122 e. The first-order valence-corrected chi connectivity index (χ1v) is 8.58. The third-order valence-corrected chi connectivity index (χ3v) is 4.53. The van der Waals surface area contributed by atoms with Crippen LogP contribution in [0.25, 0.3) is 11.1 Å². The molecular weight excluding hydrogens is 332 g/mol. The summed E-state index contributed by atoms with van der Waals surface area (Å²) in [6, 6.07) is 16.1. The number of ether oxygens (including phenoxy) is 1. The molecule has 25 heavy (non-hydrogen) atoms. The van der Waals surface area contributed by atoms with Crippen molar-refractivity contribution in [3.8, 4) is 16.9 Å². The quantitative estimate of drug-likeness (QED) is 0.645. The maximum absolute atomic E-state index is 6.31. The average molecular weight is 353 g/mol. The van der Waals surface area contributed by atoms with Gasteiger partial charge in [0.2, 0.25) is 0 Å². The Kier molecular flexibility index (Phi) is 5.25. The van der Waals surface area contributed by atoms with Crippen LogP contribution in [0.3, 0.4) is 0 Å². The van der Waals surface area contributed by atoms with Crippen LogP contribution >= 0.6 is 11.6 Å². The zero-order chi connectivity index (χ0) is 17.8. The van der Waals surface area contributed by atoms with Gasteiger partial charge in [-0.25, -0.2) is 0 Å². The molecule has 3 aromatic rings. The van der Waals surface area contributed by atoms with Crippen molar-refractivity contribution in [2.45, 2.75) is 20.5 Å². The molecule has 2 aromatic carbocycles. The van der Waals surface area contributed by atoms with Crippen molar-refractivity contribution in [3.05, 3.63) is 76.6 Å². The Morgan fingerprint density at radius 1 is 1.04 bits per heavy atom. The fourth-order valence-electron chi connectivity index (χ4n) is 2.72. The maximum atomic E-state index is 6.31. The van der Waals surface area contributed by atoms with E-state index in [1.165, 1.54) is 0 Å². The van der Waals surface area contributed by atoms with E-state index in [1.807, 2.05) is 57.4 Å². The number of hydrogen-bond acceptors (Lipinski definition) is 3. The van der Waals surface area contributed by atoms with Gasteiger partial charge in [0, 0.05) is 40.8 Å². The Balaban J connectivity index is 1.79. The Labute approximate surface area is 153 Å². The molecule has 0 saturated heterocycles. The largest absolute Gasteiger partial charge is 0.488 e. The predicted molar refractivity (Wildman–Crippen MR) is 104 cm³/mol. The van der Waals surface area contributed by atoms with E-state index in [0.717, 1.165) is 39.4 Å². The highest BCUT2D eigenvalue weighted by molar-refractivity contribution is 6.31. The molecule has 0 bridgehead atoms. The molecule has 128 valence electrons. The Morgan fingerprint density at radius 3 is 2.52 bits per heavy atom. The van der Waals surface area contributed by atoms with Crippen LogP contribution in [0.15, 0.2) is 54.7 Å². The Hall–Kier alpha value is -2.52. The highest BCUT2D eigenvalue weighted by Gasteiger charge is 2.09. The number of aryl methyl sites for hydroxylation is 2. The molecule has 3 rings (SSSR count). The number of pyridine rings is 1. The van der Waals surface area contributed by atoms with Crippen LogP contribution in [0.4, 0.5) is 5.69 Å². The summed E-state index contributed by atoms with van der Waals surface area (Å²) in [6.07, 6.45) is 1.90. The van der Waals surface area contributed by atoms with E-state index in [2.05, 4.69) is 28.5 Å².